The number of aliphatic imine (C=N–C) groups is 1. The number of nitrogens with zero attached hydrogens (tertiary/aromatic N) is 4. The van der Waals surface area contributed by atoms with Gasteiger partial charge in [0.05, 0.1) is 5.88 Å². The molecule has 1 aromatic heterocycles. The zero-order valence-corrected chi connectivity index (χ0v) is 44.7. The maximum atomic E-state index is 13.8. The number of nitrogen functional groups attached to an aromatic ring is 1. The number of ketones is 2. The van der Waals surface area contributed by atoms with Gasteiger partial charge in [0.2, 0.25) is 5.78 Å². The van der Waals surface area contributed by atoms with Crippen LogP contribution in [0.15, 0.2) is 89.9 Å². The van der Waals surface area contributed by atoms with Crippen LogP contribution in [0.3, 0.4) is 0 Å². The van der Waals surface area contributed by atoms with Gasteiger partial charge in [0, 0.05) is 33.6 Å². The minimum atomic E-state index is -0.427. The summed E-state index contributed by atoms with van der Waals surface area (Å²) in [5.41, 5.74) is 14.8. The number of hydrogen-bond acceptors (Lipinski definition) is 12. The summed E-state index contributed by atoms with van der Waals surface area (Å²) in [5.74, 6) is 1.05. The van der Waals surface area contributed by atoms with Crippen LogP contribution < -0.4 is 31.6 Å². The Morgan fingerprint density at radius 3 is 1.72 bits per heavy atom. The van der Waals surface area contributed by atoms with Crippen LogP contribution in [0.25, 0.3) is 0 Å². The van der Waals surface area contributed by atoms with Crippen LogP contribution in [0.4, 0.5) is 31.1 Å². The molecule has 0 saturated carbocycles. The molecule has 0 radical (unpaired) electrons. The van der Waals surface area contributed by atoms with Crippen molar-refractivity contribution in [3.63, 3.8) is 0 Å². The standard InChI is InChI=1S/C23H27FN4O2S.C16H26N4OS2.C9H8ClFO.CH4.H3P/c1-14-6-7-15(12-18(14)24)19(29)20-21(25)27-22(31-20)26-16-8-10-17(11-9-16)30-13-23(2,3)28(4)5;1-6-23-14(17)19-15(22)18-12-7-9-13(10-8-12)21-11-16(2,3)20(4)5;1-6-2-3-7(4-8(6)11)9(12)5-10;;/h6-12H,13,25H2,1-5H3,(H,26,27);7-10H,6,11H2,1-5H3,(H3,17,18,19,22);2-4H,5H2,1H3;1H4;1H3. The smallest absolute Gasteiger partial charge is 0.206 e. The van der Waals surface area contributed by atoms with Crippen molar-refractivity contribution < 1.29 is 27.8 Å². The van der Waals surface area contributed by atoms with E-state index in [4.69, 9.17) is 44.8 Å². The first kappa shape index (κ1) is 61.3. The number of aryl methyl sites for hydroxylation is 2. The number of halogens is 3. The minimum absolute atomic E-state index is 0. The molecule has 0 saturated heterocycles. The Labute approximate surface area is 423 Å². The third kappa shape index (κ3) is 19.7. The zero-order chi connectivity index (χ0) is 49.4. The first-order valence-corrected chi connectivity index (χ1v) is 23.5. The number of Topliss-reactive ketones (excluding diaryl/α,β-unsaturated/α-hetero) is 1. The van der Waals surface area contributed by atoms with Gasteiger partial charge in [0.15, 0.2) is 21.2 Å². The van der Waals surface area contributed by atoms with Gasteiger partial charge >= 0.3 is 0 Å². The number of rotatable bonds is 16. The van der Waals surface area contributed by atoms with E-state index in [9.17, 15) is 18.4 Å². The van der Waals surface area contributed by atoms with Gasteiger partial charge in [0.25, 0.3) is 0 Å². The summed E-state index contributed by atoms with van der Waals surface area (Å²) in [6, 6.07) is 23.8. The van der Waals surface area contributed by atoms with Gasteiger partial charge in [-0.25, -0.2) is 13.8 Å². The molecule has 1 heterocycles. The number of amidine groups is 1. The average molecular weight is 1030 g/mol. The Bertz CT molecular complexity index is 2440. The lowest BCUT2D eigenvalue weighted by Gasteiger charge is -2.32. The van der Waals surface area contributed by atoms with Crippen molar-refractivity contribution in [2.45, 2.75) is 67.0 Å². The number of thiazole rings is 1. The Balaban J connectivity index is 0.000000550. The molecule has 68 heavy (non-hydrogen) atoms. The van der Waals surface area contributed by atoms with Gasteiger partial charge in [-0.15, -0.1) is 11.6 Å². The number of thioether (sulfide) groups is 1. The Morgan fingerprint density at radius 1 is 0.824 bits per heavy atom. The van der Waals surface area contributed by atoms with E-state index in [2.05, 4.69) is 58.1 Å². The van der Waals surface area contributed by atoms with Crippen LogP contribution in [0.2, 0.25) is 0 Å². The number of nitrogens with one attached hydrogen (secondary N) is 2. The average Bonchev–Trinajstić information content (AvgIpc) is 3.64. The molecular formula is C49H68ClF2N8O4PS3. The molecular weight excluding hydrogens is 965 g/mol. The number of hydrogen-bond donors (Lipinski definition) is 4. The largest absolute Gasteiger partial charge is 0.492 e. The summed E-state index contributed by atoms with van der Waals surface area (Å²) >= 11 is 13.1. The van der Waals surface area contributed by atoms with E-state index in [1.54, 1.807) is 38.1 Å². The van der Waals surface area contributed by atoms with Crippen molar-refractivity contribution >= 4 is 101 Å². The van der Waals surface area contributed by atoms with E-state index in [-0.39, 0.29) is 67.9 Å². The lowest BCUT2D eigenvalue weighted by Crippen LogP contribution is -2.43. The predicted molar refractivity (Wildman–Crippen MR) is 294 cm³/mol. The summed E-state index contributed by atoms with van der Waals surface area (Å²) in [4.78, 5) is 36.6. The van der Waals surface area contributed by atoms with E-state index in [0.717, 1.165) is 40.0 Å². The number of aromatic nitrogens is 1. The summed E-state index contributed by atoms with van der Waals surface area (Å²) in [7, 11) is 8.12. The molecule has 0 fully saturated rings. The second-order valence-electron chi connectivity index (χ2n) is 16.5. The zero-order valence-electron chi connectivity index (χ0n) is 40.1. The third-order valence-corrected chi connectivity index (χ3v) is 12.3. The number of alkyl halides is 1. The van der Waals surface area contributed by atoms with Crippen molar-refractivity contribution in [1.82, 2.24) is 14.8 Å². The van der Waals surface area contributed by atoms with Crippen molar-refractivity contribution in [3.05, 3.63) is 124 Å². The SMILES string of the molecule is C.CCSC(N)=NC(=S)Nc1ccc(OCC(C)(C)N(C)C)cc1.Cc1ccc(C(=O)CCl)cc1F.Cc1ccc(C(=O)c2sc(Nc3ccc(OCC(C)(C)N(C)C)cc3)nc2N)cc1F.P. The van der Waals surface area contributed by atoms with E-state index in [1.807, 2.05) is 83.6 Å². The number of carbonyl (C=O) groups is 2. The Morgan fingerprint density at radius 2 is 1.28 bits per heavy atom. The fourth-order valence-electron chi connectivity index (χ4n) is 4.86. The molecule has 0 aliphatic rings. The molecule has 1 atom stereocenters. The highest BCUT2D eigenvalue weighted by atomic mass is 35.5. The summed E-state index contributed by atoms with van der Waals surface area (Å²) in [6.07, 6.45) is 0. The first-order valence-electron chi connectivity index (χ1n) is 20.7. The maximum Gasteiger partial charge on any atom is 0.206 e. The normalized spacial score (nSPS) is 11.2. The lowest BCUT2D eigenvalue weighted by atomic mass is 10.1. The van der Waals surface area contributed by atoms with Crippen molar-refractivity contribution in [2.24, 2.45) is 10.7 Å². The second kappa shape index (κ2) is 28.7. The van der Waals surface area contributed by atoms with Gasteiger partial charge in [-0.05, 0) is 159 Å². The molecule has 12 nitrogen and oxygen atoms in total. The Kier molecular flexibility index (Phi) is 25.8. The minimum Gasteiger partial charge on any atom is -0.492 e. The molecule has 0 amide bonds. The predicted octanol–water partition coefficient (Wildman–Crippen LogP) is 11.3. The molecule has 0 aliphatic heterocycles. The number of thiocarbonyl (C=S) groups is 1. The first-order chi connectivity index (χ1) is 31.0. The van der Waals surface area contributed by atoms with Crippen molar-refractivity contribution in [2.75, 3.05) is 69.4 Å². The molecule has 0 spiro atoms. The van der Waals surface area contributed by atoms with Crippen LogP contribution in [-0.2, 0) is 0 Å². The van der Waals surface area contributed by atoms with Crippen LogP contribution in [0, 0.1) is 25.5 Å². The molecule has 1 unspecified atom stereocenters. The highest BCUT2D eigenvalue weighted by molar-refractivity contribution is 8.13. The van der Waals surface area contributed by atoms with Gasteiger partial charge in [-0.2, -0.15) is 14.9 Å². The van der Waals surface area contributed by atoms with E-state index in [1.165, 1.54) is 23.9 Å². The van der Waals surface area contributed by atoms with Gasteiger partial charge in [-0.3, -0.25) is 9.59 Å². The number of benzene rings is 4. The van der Waals surface area contributed by atoms with E-state index in [0.29, 0.717) is 45.3 Å². The highest BCUT2D eigenvalue weighted by Gasteiger charge is 2.23. The summed E-state index contributed by atoms with van der Waals surface area (Å²) in [6.45, 7) is 15.0. The molecule has 0 aliphatic carbocycles. The third-order valence-electron chi connectivity index (χ3n) is 10.2. The molecule has 372 valence electrons. The number of anilines is 4. The maximum absolute atomic E-state index is 13.8. The van der Waals surface area contributed by atoms with Crippen LogP contribution in [0.1, 0.15) is 78.8 Å². The highest BCUT2D eigenvalue weighted by Crippen LogP contribution is 2.31. The fraction of sp³-hybridized carbons (Fsp3) is 0.367. The van der Waals surface area contributed by atoms with Gasteiger partial charge < -0.3 is 41.4 Å². The van der Waals surface area contributed by atoms with Gasteiger partial charge in [-0.1, -0.05) is 61.7 Å². The van der Waals surface area contributed by atoms with Gasteiger partial charge in [0.1, 0.15) is 47.0 Å². The second-order valence-corrected chi connectivity index (χ2v) is 19.5. The Hall–Kier alpha value is -4.74. The number of nitrogens with two attached hydrogens (primary N) is 2. The molecule has 6 N–H and O–H groups in total. The van der Waals surface area contributed by atoms with E-state index >= 15 is 0 Å². The number of ether oxygens (including phenoxy) is 2. The van der Waals surface area contributed by atoms with Crippen LogP contribution in [0.5, 0.6) is 11.5 Å². The summed E-state index contributed by atoms with van der Waals surface area (Å²) < 4.78 is 38.4. The lowest BCUT2D eigenvalue weighted by molar-refractivity contribution is 0.101. The monoisotopic (exact) mass is 1030 g/mol. The number of carbonyl (C=O) groups excluding carboxylic acids is 2. The van der Waals surface area contributed by atoms with Crippen molar-refractivity contribution in [3.8, 4) is 11.5 Å². The van der Waals surface area contributed by atoms with Crippen LogP contribution >= 0.6 is 56.8 Å². The quantitative estimate of drug-likeness (QED) is 0.0185. The fourth-order valence-corrected chi connectivity index (χ4v) is 6.61. The number of likely N-dealkylation sites (N-methyl/N-ethyl adjacent to an activating group) is 2. The summed E-state index contributed by atoms with van der Waals surface area (Å²) in [5, 5.41) is 7.49. The molecule has 4 aromatic carbocycles. The van der Waals surface area contributed by atoms with Crippen LogP contribution in [-0.4, -0.2) is 101 Å². The van der Waals surface area contributed by atoms with Crippen molar-refractivity contribution in [1.29, 1.82) is 0 Å². The topological polar surface area (TPSA) is 160 Å². The molecule has 5 rings (SSSR count). The molecule has 0 bridgehead atoms. The van der Waals surface area contributed by atoms with E-state index < -0.39 is 5.82 Å². The molecule has 19 heteroatoms. The molecule has 5 aromatic rings.